The molecule has 0 saturated carbocycles. The number of Topliss-reactive ketones (excluding diaryl/α,β-unsaturated/α-hetero) is 1. The molecule has 0 spiro atoms. The first-order valence-electron chi connectivity index (χ1n) is 8.55. The van der Waals surface area contributed by atoms with Crippen LogP contribution in [0.15, 0.2) is 18.6 Å². The molecule has 0 bridgehead atoms. The molecule has 4 rings (SSSR count). The fraction of sp³-hybridized carbons (Fsp3) is 0.412. The van der Waals surface area contributed by atoms with Crippen LogP contribution in [0.4, 0.5) is 11.8 Å². The van der Waals surface area contributed by atoms with E-state index < -0.39 is 0 Å². The lowest BCUT2D eigenvalue weighted by atomic mass is 10.2. The minimum absolute atomic E-state index is 0.0104. The van der Waals surface area contributed by atoms with Crippen molar-refractivity contribution in [2.24, 2.45) is 0 Å². The molecule has 0 N–H and O–H groups in total. The molecule has 4 heterocycles. The molecule has 0 radical (unpaired) electrons. The Morgan fingerprint density at radius 2 is 1.77 bits per heavy atom. The average molecular weight is 352 g/mol. The lowest BCUT2D eigenvalue weighted by Gasteiger charge is -2.36. The van der Waals surface area contributed by atoms with Crippen LogP contribution in [-0.2, 0) is 0 Å². The Kier molecular flexibility index (Phi) is 3.98. The lowest BCUT2D eigenvalue weighted by molar-refractivity contribution is 0.101. The summed E-state index contributed by atoms with van der Waals surface area (Å²) in [7, 11) is 0. The number of carbonyl (C=O) groups is 1. The van der Waals surface area contributed by atoms with Crippen molar-refractivity contribution in [1.29, 1.82) is 0 Å². The number of aryl methyl sites for hydroxylation is 2. The van der Waals surface area contributed by atoms with Crippen molar-refractivity contribution >= 4 is 23.3 Å². The Morgan fingerprint density at radius 1 is 1.04 bits per heavy atom. The monoisotopic (exact) mass is 352 g/mol. The number of hydrogen-bond donors (Lipinski definition) is 0. The highest BCUT2D eigenvalue weighted by Gasteiger charge is 2.22. The van der Waals surface area contributed by atoms with Gasteiger partial charge in [-0.05, 0) is 20.8 Å². The number of carbonyl (C=O) groups excluding carboxylic acids is 1. The number of anilines is 2. The van der Waals surface area contributed by atoms with Crippen LogP contribution < -0.4 is 9.80 Å². The minimum atomic E-state index is -0.0104. The topological polar surface area (TPSA) is 92.4 Å². The van der Waals surface area contributed by atoms with E-state index in [0.29, 0.717) is 17.3 Å². The predicted octanol–water partition coefficient (Wildman–Crippen LogP) is 1.06. The van der Waals surface area contributed by atoms with Crippen LogP contribution in [0, 0.1) is 13.8 Å². The molecule has 3 aromatic rings. The molecule has 1 aliphatic heterocycles. The first-order valence-corrected chi connectivity index (χ1v) is 8.55. The number of aromatic nitrogens is 6. The average Bonchev–Trinajstić information content (AvgIpc) is 3.09. The first-order chi connectivity index (χ1) is 12.5. The number of nitrogens with zero attached hydrogens (tertiary/aromatic N) is 8. The quantitative estimate of drug-likeness (QED) is 0.646. The Morgan fingerprint density at radius 3 is 2.46 bits per heavy atom. The highest BCUT2D eigenvalue weighted by molar-refractivity contribution is 5.94. The smallest absolute Gasteiger partial charge is 0.254 e. The van der Waals surface area contributed by atoms with Crippen LogP contribution in [0.2, 0.25) is 0 Å². The summed E-state index contributed by atoms with van der Waals surface area (Å²) in [6.07, 6.45) is 3.15. The third kappa shape index (κ3) is 2.85. The van der Waals surface area contributed by atoms with E-state index >= 15 is 0 Å². The largest absolute Gasteiger partial charge is 0.353 e. The zero-order chi connectivity index (χ0) is 18.3. The second-order valence-corrected chi connectivity index (χ2v) is 6.43. The van der Waals surface area contributed by atoms with Gasteiger partial charge in [0.2, 0.25) is 5.95 Å². The Bertz CT molecular complexity index is 974. The van der Waals surface area contributed by atoms with E-state index in [2.05, 4.69) is 34.8 Å². The highest BCUT2D eigenvalue weighted by Crippen LogP contribution is 2.20. The van der Waals surface area contributed by atoms with E-state index in [0.717, 1.165) is 43.4 Å². The van der Waals surface area contributed by atoms with Crippen LogP contribution in [0.1, 0.15) is 28.7 Å². The van der Waals surface area contributed by atoms with Gasteiger partial charge in [0.1, 0.15) is 12.1 Å². The van der Waals surface area contributed by atoms with Crippen LogP contribution in [0.3, 0.4) is 0 Å². The number of fused-ring (bicyclic) bond motifs is 1. The van der Waals surface area contributed by atoms with Gasteiger partial charge in [-0.2, -0.15) is 14.6 Å². The van der Waals surface area contributed by atoms with Gasteiger partial charge in [-0.1, -0.05) is 0 Å². The summed E-state index contributed by atoms with van der Waals surface area (Å²) >= 11 is 0. The summed E-state index contributed by atoms with van der Waals surface area (Å²) < 4.78 is 1.77. The first kappa shape index (κ1) is 16.4. The maximum atomic E-state index is 11.5. The Hall–Kier alpha value is -3.10. The molecule has 26 heavy (non-hydrogen) atoms. The molecule has 1 aliphatic rings. The van der Waals surface area contributed by atoms with Crippen molar-refractivity contribution in [3.63, 3.8) is 0 Å². The molecule has 3 aromatic heterocycles. The summed E-state index contributed by atoms with van der Waals surface area (Å²) in [5.74, 6) is 2.27. The van der Waals surface area contributed by atoms with E-state index in [1.807, 2.05) is 19.9 Å². The number of ketones is 1. The van der Waals surface area contributed by atoms with Gasteiger partial charge in [0, 0.05) is 44.1 Å². The van der Waals surface area contributed by atoms with E-state index in [9.17, 15) is 4.79 Å². The van der Waals surface area contributed by atoms with Crippen LogP contribution in [-0.4, -0.2) is 61.5 Å². The van der Waals surface area contributed by atoms with Gasteiger partial charge < -0.3 is 9.80 Å². The van der Waals surface area contributed by atoms with Gasteiger partial charge in [0.15, 0.2) is 5.78 Å². The molecule has 0 aromatic carbocycles. The molecule has 0 aliphatic carbocycles. The molecule has 1 fully saturated rings. The summed E-state index contributed by atoms with van der Waals surface area (Å²) in [6.45, 7) is 8.55. The second kappa shape index (κ2) is 6.32. The van der Waals surface area contributed by atoms with Gasteiger partial charge in [-0.15, -0.1) is 0 Å². The molecular formula is C17H20N8O. The molecule has 134 valence electrons. The molecule has 1 saturated heterocycles. The number of hydrogen-bond acceptors (Lipinski definition) is 8. The molecular weight excluding hydrogens is 332 g/mol. The van der Waals surface area contributed by atoms with Crippen molar-refractivity contribution in [2.45, 2.75) is 20.8 Å². The van der Waals surface area contributed by atoms with Crippen molar-refractivity contribution in [3.8, 4) is 0 Å². The summed E-state index contributed by atoms with van der Waals surface area (Å²) in [6, 6.07) is 2.03. The third-order valence-corrected chi connectivity index (χ3v) is 4.59. The van der Waals surface area contributed by atoms with Gasteiger partial charge >= 0.3 is 0 Å². The van der Waals surface area contributed by atoms with Crippen molar-refractivity contribution in [2.75, 3.05) is 36.0 Å². The normalized spacial score (nSPS) is 14.9. The summed E-state index contributed by atoms with van der Waals surface area (Å²) in [4.78, 5) is 33.4. The second-order valence-electron chi connectivity index (χ2n) is 6.43. The summed E-state index contributed by atoms with van der Waals surface area (Å²) in [5, 5.41) is 4.28. The van der Waals surface area contributed by atoms with Crippen LogP contribution in [0.25, 0.3) is 5.78 Å². The van der Waals surface area contributed by atoms with Gasteiger partial charge in [-0.3, -0.25) is 4.79 Å². The minimum Gasteiger partial charge on any atom is -0.353 e. The fourth-order valence-electron chi connectivity index (χ4n) is 3.22. The van der Waals surface area contributed by atoms with Gasteiger partial charge in [-0.25, -0.2) is 15.0 Å². The molecule has 9 heteroatoms. The molecule has 0 amide bonds. The molecule has 9 nitrogen and oxygen atoms in total. The van der Waals surface area contributed by atoms with Crippen molar-refractivity contribution < 1.29 is 4.79 Å². The van der Waals surface area contributed by atoms with Gasteiger partial charge in [0.25, 0.3) is 5.78 Å². The van der Waals surface area contributed by atoms with E-state index in [1.165, 1.54) is 13.3 Å². The Balaban J connectivity index is 1.53. The predicted molar refractivity (Wildman–Crippen MR) is 96.7 cm³/mol. The number of piperazine rings is 1. The highest BCUT2D eigenvalue weighted by atomic mass is 16.1. The zero-order valence-corrected chi connectivity index (χ0v) is 15.0. The maximum Gasteiger partial charge on any atom is 0.254 e. The number of rotatable bonds is 3. The van der Waals surface area contributed by atoms with E-state index in [4.69, 9.17) is 0 Å². The van der Waals surface area contributed by atoms with E-state index in [-0.39, 0.29) is 5.78 Å². The molecule has 0 unspecified atom stereocenters. The lowest BCUT2D eigenvalue weighted by Crippen LogP contribution is -2.47. The van der Waals surface area contributed by atoms with Crippen molar-refractivity contribution in [3.05, 3.63) is 35.5 Å². The maximum absolute atomic E-state index is 11.5. The SMILES string of the molecule is CC(=O)c1cnc(N2CCN(c3cc(C)nc4ncnn34)CC2)nc1C. The third-order valence-electron chi connectivity index (χ3n) is 4.59. The van der Waals surface area contributed by atoms with Crippen LogP contribution in [0.5, 0.6) is 0 Å². The van der Waals surface area contributed by atoms with Crippen LogP contribution >= 0.6 is 0 Å². The fourth-order valence-corrected chi connectivity index (χ4v) is 3.22. The molecule has 0 atom stereocenters. The summed E-state index contributed by atoms with van der Waals surface area (Å²) in [5.41, 5.74) is 2.22. The zero-order valence-electron chi connectivity index (χ0n) is 15.0. The standard InChI is InChI=1S/C17H20N8O/c1-11-8-15(25-17(21-11)19-10-20-25)23-4-6-24(7-5-23)16-18-9-14(13(3)26)12(2)22-16/h8-10H,4-7H2,1-3H3. The van der Waals surface area contributed by atoms with E-state index in [1.54, 1.807) is 10.7 Å². The van der Waals surface area contributed by atoms with Crippen molar-refractivity contribution in [1.82, 2.24) is 29.5 Å². The van der Waals surface area contributed by atoms with Gasteiger partial charge in [0.05, 0.1) is 11.3 Å². The Labute approximate surface area is 150 Å².